The topological polar surface area (TPSA) is 145 Å². The molecule has 3 N–H and O–H groups in total. The van der Waals surface area contributed by atoms with Crippen molar-refractivity contribution in [3.8, 4) is 11.5 Å². The van der Waals surface area contributed by atoms with Crippen molar-refractivity contribution in [2.75, 3.05) is 38.3 Å². The van der Waals surface area contributed by atoms with E-state index in [9.17, 15) is 19.5 Å². The molecule has 0 spiro atoms. The zero-order valence-corrected chi connectivity index (χ0v) is 26.2. The fourth-order valence-corrected chi connectivity index (χ4v) is 4.98. The van der Waals surface area contributed by atoms with E-state index in [0.717, 1.165) is 5.56 Å². The Labute approximate surface area is 250 Å². The molecule has 0 aliphatic carbocycles. The minimum Gasteiger partial charge on any atom is -0.491 e. The fourth-order valence-electron chi connectivity index (χ4n) is 4.98. The number of aliphatic carboxylic acids is 1. The van der Waals surface area contributed by atoms with Crippen LogP contribution in [0.2, 0.25) is 0 Å². The van der Waals surface area contributed by atoms with Crippen molar-refractivity contribution in [1.82, 2.24) is 15.2 Å². The quantitative estimate of drug-likeness (QED) is 0.370. The second-order valence-corrected chi connectivity index (χ2v) is 11.5. The van der Waals surface area contributed by atoms with Gasteiger partial charge in [0.15, 0.2) is 17.2 Å². The zero-order valence-electron chi connectivity index (χ0n) is 24.5. The Kier molecular flexibility index (Phi) is 9.07. The number of ketones is 1. The van der Waals surface area contributed by atoms with Gasteiger partial charge in [-0.3, -0.25) is 15.0 Å². The van der Waals surface area contributed by atoms with E-state index in [-0.39, 0.29) is 52.8 Å². The number of nitrogens with zero attached hydrogens (tertiary/aromatic N) is 3. The summed E-state index contributed by atoms with van der Waals surface area (Å²) in [6.07, 6.45) is 0. The summed E-state index contributed by atoms with van der Waals surface area (Å²) in [5.74, 6) is -0.683. The SMILES string of the molecule is Br.CCOc1cc2c(nc1C(=O)NC)C(=N)N(CC(=O)c1cc3c(c(C(C)(C)C)c1)OCCN3C(C)(C)C(=O)O)C2. The number of pyridine rings is 1. The van der Waals surface area contributed by atoms with Gasteiger partial charge < -0.3 is 29.7 Å². The molecule has 0 saturated heterocycles. The molecular weight excluding hydrogens is 594 g/mol. The number of amides is 1. The molecule has 4 rings (SSSR count). The molecule has 2 aliphatic rings. The van der Waals surface area contributed by atoms with Gasteiger partial charge in [-0.1, -0.05) is 20.8 Å². The van der Waals surface area contributed by atoms with Gasteiger partial charge in [0, 0.05) is 30.3 Å². The molecule has 2 aromatic rings. The van der Waals surface area contributed by atoms with Crippen LogP contribution in [0.3, 0.4) is 0 Å². The zero-order chi connectivity index (χ0) is 29.6. The first kappa shape index (κ1) is 31.9. The number of hydrogen-bond donors (Lipinski definition) is 3. The lowest BCUT2D eigenvalue weighted by Gasteiger charge is -2.42. The number of Topliss-reactive ketones (excluding diaryl/α,β-unsaturated/α-hetero) is 1. The average molecular weight is 633 g/mol. The lowest BCUT2D eigenvalue weighted by atomic mass is 9.83. The van der Waals surface area contributed by atoms with Crippen LogP contribution in [0.4, 0.5) is 5.69 Å². The minimum atomic E-state index is -1.22. The number of amidine groups is 1. The van der Waals surface area contributed by atoms with Gasteiger partial charge in [-0.05, 0) is 44.4 Å². The van der Waals surface area contributed by atoms with Crippen molar-refractivity contribution >= 4 is 46.2 Å². The van der Waals surface area contributed by atoms with Crippen LogP contribution in [-0.4, -0.2) is 77.4 Å². The molecule has 0 bridgehead atoms. The number of rotatable bonds is 8. The van der Waals surface area contributed by atoms with E-state index < -0.39 is 17.4 Å². The van der Waals surface area contributed by atoms with E-state index in [2.05, 4.69) is 10.3 Å². The number of halogens is 1. The predicted molar refractivity (Wildman–Crippen MR) is 160 cm³/mol. The highest BCUT2D eigenvalue weighted by atomic mass is 79.9. The molecule has 0 radical (unpaired) electrons. The van der Waals surface area contributed by atoms with E-state index in [1.807, 2.05) is 27.7 Å². The molecule has 0 saturated carbocycles. The molecule has 0 unspecified atom stereocenters. The van der Waals surface area contributed by atoms with Crippen molar-refractivity contribution in [1.29, 1.82) is 5.41 Å². The first-order valence-electron chi connectivity index (χ1n) is 13.3. The standard InChI is InChI=1S/C29H37N5O6.BrH/c1-8-39-21-13-17-14-33(25(30)22(17)32-23(21)26(36)31-7)15-20(35)16-11-18(28(2,3)4)24-19(12-16)34(9-10-40-24)29(5,6)27(37)38;/h11-13,30H,8-10,14-15H2,1-7H3,(H,31,36)(H,37,38);1H. The molecule has 1 amide bonds. The van der Waals surface area contributed by atoms with E-state index in [1.165, 1.54) is 7.05 Å². The van der Waals surface area contributed by atoms with Gasteiger partial charge in [-0.25, -0.2) is 9.78 Å². The third-order valence-corrected chi connectivity index (χ3v) is 7.29. The molecule has 1 aromatic heterocycles. The van der Waals surface area contributed by atoms with Crippen molar-refractivity contribution in [2.24, 2.45) is 0 Å². The van der Waals surface area contributed by atoms with E-state index in [4.69, 9.17) is 14.9 Å². The fraction of sp³-hybridized carbons (Fsp3) is 0.483. The molecule has 2 aliphatic heterocycles. The third kappa shape index (κ3) is 5.88. The Morgan fingerprint density at radius 1 is 1.17 bits per heavy atom. The van der Waals surface area contributed by atoms with Gasteiger partial charge in [0.1, 0.15) is 29.4 Å². The van der Waals surface area contributed by atoms with Crippen LogP contribution in [0.1, 0.15) is 79.2 Å². The van der Waals surface area contributed by atoms with Gasteiger partial charge in [-0.2, -0.15) is 0 Å². The summed E-state index contributed by atoms with van der Waals surface area (Å²) in [6.45, 7) is 12.3. The number of fused-ring (bicyclic) bond motifs is 2. The number of aromatic nitrogens is 1. The van der Waals surface area contributed by atoms with Crippen LogP contribution < -0.4 is 19.7 Å². The highest BCUT2D eigenvalue weighted by molar-refractivity contribution is 8.93. The van der Waals surface area contributed by atoms with Crippen LogP contribution >= 0.6 is 17.0 Å². The van der Waals surface area contributed by atoms with E-state index >= 15 is 0 Å². The maximum atomic E-state index is 13.7. The van der Waals surface area contributed by atoms with Crippen LogP contribution in [0, 0.1) is 5.41 Å². The Hall–Kier alpha value is -3.67. The molecule has 1 aromatic carbocycles. The summed E-state index contributed by atoms with van der Waals surface area (Å²) >= 11 is 0. The van der Waals surface area contributed by atoms with Crippen LogP contribution in [0.15, 0.2) is 18.2 Å². The summed E-state index contributed by atoms with van der Waals surface area (Å²) in [7, 11) is 1.50. The molecule has 41 heavy (non-hydrogen) atoms. The number of carbonyl (C=O) groups excluding carboxylic acids is 2. The Bertz CT molecular complexity index is 1400. The maximum absolute atomic E-state index is 13.7. The molecule has 11 nitrogen and oxygen atoms in total. The van der Waals surface area contributed by atoms with Crippen LogP contribution in [0.25, 0.3) is 0 Å². The number of carboxylic acids is 1. The second-order valence-electron chi connectivity index (χ2n) is 11.5. The van der Waals surface area contributed by atoms with Gasteiger partial charge in [0.25, 0.3) is 5.91 Å². The monoisotopic (exact) mass is 631 g/mol. The highest BCUT2D eigenvalue weighted by Crippen LogP contribution is 2.44. The summed E-state index contributed by atoms with van der Waals surface area (Å²) in [4.78, 5) is 46.0. The molecule has 12 heteroatoms. The average Bonchev–Trinajstić information content (AvgIpc) is 3.19. The normalized spacial score (nSPS) is 14.5. The number of carboxylic acid groups (broad SMARTS) is 1. The first-order chi connectivity index (χ1) is 18.7. The number of hydrogen-bond acceptors (Lipinski definition) is 8. The van der Waals surface area contributed by atoms with Crippen molar-refractivity contribution < 1.29 is 29.0 Å². The molecular formula is C29H38BrN5O6. The van der Waals surface area contributed by atoms with Crippen molar-refractivity contribution in [3.63, 3.8) is 0 Å². The molecule has 0 fully saturated rings. The lowest BCUT2D eigenvalue weighted by Crippen LogP contribution is -2.53. The predicted octanol–water partition coefficient (Wildman–Crippen LogP) is 3.80. The minimum absolute atomic E-state index is 0. The summed E-state index contributed by atoms with van der Waals surface area (Å²) in [5, 5.41) is 21.2. The largest absolute Gasteiger partial charge is 0.491 e. The summed E-state index contributed by atoms with van der Waals surface area (Å²) in [6, 6.07) is 5.20. The molecule has 222 valence electrons. The number of anilines is 1. The van der Waals surface area contributed by atoms with Gasteiger partial charge >= 0.3 is 5.97 Å². The molecule has 0 atom stereocenters. The Morgan fingerprint density at radius 2 is 1.85 bits per heavy atom. The van der Waals surface area contributed by atoms with E-state index in [0.29, 0.717) is 53.8 Å². The van der Waals surface area contributed by atoms with Crippen molar-refractivity contribution in [2.45, 2.75) is 59.0 Å². The number of carbonyl (C=O) groups is 3. The number of benzene rings is 1. The van der Waals surface area contributed by atoms with Crippen LogP contribution in [-0.2, 0) is 16.8 Å². The highest BCUT2D eigenvalue weighted by Gasteiger charge is 2.40. The number of nitrogens with one attached hydrogen (secondary N) is 2. The summed E-state index contributed by atoms with van der Waals surface area (Å²) < 4.78 is 11.7. The van der Waals surface area contributed by atoms with Gasteiger partial charge in [0.05, 0.1) is 25.4 Å². The van der Waals surface area contributed by atoms with Gasteiger partial charge in [-0.15, -0.1) is 17.0 Å². The van der Waals surface area contributed by atoms with Crippen LogP contribution in [0.5, 0.6) is 11.5 Å². The third-order valence-electron chi connectivity index (χ3n) is 7.29. The maximum Gasteiger partial charge on any atom is 0.328 e. The second kappa shape index (κ2) is 11.7. The Morgan fingerprint density at radius 3 is 2.44 bits per heavy atom. The summed E-state index contributed by atoms with van der Waals surface area (Å²) in [5.41, 5.74) is 1.27. The van der Waals surface area contributed by atoms with E-state index in [1.54, 1.807) is 41.8 Å². The molecule has 3 heterocycles. The number of ether oxygens (including phenoxy) is 2. The first-order valence-corrected chi connectivity index (χ1v) is 13.3. The Balaban J connectivity index is 0.00000462. The smallest absolute Gasteiger partial charge is 0.328 e. The van der Waals surface area contributed by atoms with Crippen molar-refractivity contribution in [3.05, 3.63) is 46.3 Å². The van der Waals surface area contributed by atoms with Gasteiger partial charge in [0.2, 0.25) is 0 Å². The lowest BCUT2D eigenvalue weighted by molar-refractivity contribution is -0.142.